The predicted octanol–water partition coefficient (Wildman–Crippen LogP) is 1.32. The van der Waals surface area contributed by atoms with Crippen LogP contribution in [0.4, 0.5) is 0 Å². The first-order valence-corrected chi connectivity index (χ1v) is 6.23. The van der Waals surface area contributed by atoms with E-state index in [-0.39, 0.29) is 11.5 Å². The summed E-state index contributed by atoms with van der Waals surface area (Å²) < 4.78 is 5.60. The topological polar surface area (TPSA) is 55.6 Å². The fourth-order valence-electron chi connectivity index (χ4n) is 2.20. The normalized spacial score (nSPS) is 20.5. The van der Waals surface area contributed by atoms with Crippen molar-refractivity contribution in [1.29, 1.82) is 0 Å². The maximum atomic E-state index is 12.3. The Hall–Kier alpha value is -1.39. The van der Waals surface area contributed by atoms with Crippen LogP contribution in [-0.2, 0) is 9.53 Å². The molecule has 1 atom stereocenters. The molecule has 0 radical (unpaired) electrons. The van der Waals surface area contributed by atoms with E-state index in [1.54, 1.807) is 4.90 Å². The minimum Gasteiger partial charge on any atom is -0.372 e. The van der Waals surface area contributed by atoms with Crippen LogP contribution in [0.5, 0.6) is 0 Å². The summed E-state index contributed by atoms with van der Waals surface area (Å²) in [5.41, 5.74) is 6.59. The van der Waals surface area contributed by atoms with E-state index in [0.717, 1.165) is 5.56 Å². The third kappa shape index (κ3) is 2.89. The Morgan fingerprint density at radius 2 is 2.06 bits per heavy atom. The van der Waals surface area contributed by atoms with Gasteiger partial charge in [0.2, 0.25) is 5.91 Å². The molecular formula is C14H20N2O2. The first kappa shape index (κ1) is 13.1. The van der Waals surface area contributed by atoms with Crippen LogP contribution in [0.2, 0.25) is 0 Å². The SMILES string of the molecule is CC1(C)CN(C(=O)[C@H](N)c2ccccc2)CCO1. The van der Waals surface area contributed by atoms with E-state index in [4.69, 9.17) is 10.5 Å². The highest BCUT2D eigenvalue weighted by Gasteiger charge is 2.32. The average Bonchev–Trinajstić information content (AvgIpc) is 2.37. The van der Waals surface area contributed by atoms with Gasteiger partial charge in [-0.1, -0.05) is 30.3 Å². The summed E-state index contributed by atoms with van der Waals surface area (Å²) in [4.78, 5) is 14.1. The summed E-state index contributed by atoms with van der Waals surface area (Å²) in [5.74, 6) is -0.0300. The molecular weight excluding hydrogens is 228 g/mol. The molecule has 2 rings (SSSR count). The summed E-state index contributed by atoms with van der Waals surface area (Å²) >= 11 is 0. The third-order valence-corrected chi connectivity index (χ3v) is 3.16. The van der Waals surface area contributed by atoms with Crippen molar-refractivity contribution >= 4 is 5.91 Å². The van der Waals surface area contributed by atoms with Crippen LogP contribution in [0.3, 0.4) is 0 Å². The van der Waals surface area contributed by atoms with Gasteiger partial charge in [-0.2, -0.15) is 0 Å². The number of morpholine rings is 1. The number of hydrogen-bond donors (Lipinski definition) is 1. The van der Waals surface area contributed by atoms with Gasteiger partial charge in [-0.15, -0.1) is 0 Å². The minimum absolute atomic E-state index is 0.0300. The van der Waals surface area contributed by atoms with E-state index in [1.807, 2.05) is 44.2 Å². The fourth-order valence-corrected chi connectivity index (χ4v) is 2.20. The standard InChI is InChI=1S/C14H20N2O2/c1-14(2)10-16(8-9-18-14)13(17)12(15)11-6-4-3-5-7-11/h3-7,12H,8-10,15H2,1-2H3/t12-/m1/s1. The zero-order chi connectivity index (χ0) is 13.2. The van der Waals surface area contributed by atoms with Crippen molar-refractivity contribution in [1.82, 2.24) is 4.90 Å². The molecule has 1 heterocycles. The highest BCUT2D eigenvalue weighted by molar-refractivity contribution is 5.83. The van der Waals surface area contributed by atoms with E-state index in [2.05, 4.69) is 0 Å². The van der Waals surface area contributed by atoms with E-state index < -0.39 is 6.04 Å². The Morgan fingerprint density at radius 3 is 2.67 bits per heavy atom. The molecule has 1 aromatic carbocycles. The average molecular weight is 248 g/mol. The third-order valence-electron chi connectivity index (χ3n) is 3.16. The molecule has 1 saturated heterocycles. The molecule has 0 spiro atoms. The van der Waals surface area contributed by atoms with Gasteiger partial charge in [0, 0.05) is 13.1 Å². The lowest BCUT2D eigenvalue weighted by Gasteiger charge is -2.39. The van der Waals surface area contributed by atoms with Gasteiger partial charge in [0.15, 0.2) is 0 Å². The first-order chi connectivity index (χ1) is 8.49. The van der Waals surface area contributed by atoms with Crippen molar-refractivity contribution in [3.05, 3.63) is 35.9 Å². The van der Waals surface area contributed by atoms with Gasteiger partial charge < -0.3 is 15.4 Å². The van der Waals surface area contributed by atoms with Gasteiger partial charge in [0.25, 0.3) is 0 Å². The fraction of sp³-hybridized carbons (Fsp3) is 0.500. The Labute approximate surface area is 108 Å². The molecule has 4 heteroatoms. The maximum absolute atomic E-state index is 12.3. The number of rotatable bonds is 2. The van der Waals surface area contributed by atoms with Crippen LogP contribution >= 0.6 is 0 Å². The van der Waals surface area contributed by atoms with Gasteiger partial charge >= 0.3 is 0 Å². The first-order valence-electron chi connectivity index (χ1n) is 6.23. The number of carbonyl (C=O) groups is 1. The molecule has 1 aliphatic rings. The molecule has 0 aliphatic carbocycles. The number of benzene rings is 1. The lowest BCUT2D eigenvalue weighted by Crippen LogP contribution is -2.52. The van der Waals surface area contributed by atoms with Gasteiger partial charge in [0.05, 0.1) is 12.2 Å². The van der Waals surface area contributed by atoms with Crippen LogP contribution in [0.15, 0.2) is 30.3 Å². The van der Waals surface area contributed by atoms with Crippen molar-refractivity contribution < 1.29 is 9.53 Å². The molecule has 1 aliphatic heterocycles. The van der Waals surface area contributed by atoms with Gasteiger partial charge in [-0.25, -0.2) is 0 Å². The largest absolute Gasteiger partial charge is 0.372 e. The van der Waals surface area contributed by atoms with Gasteiger partial charge in [-0.3, -0.25) is 4.79 Å². The van der Waals surface area contributed by atoms with E-state index in [0.29, 0.717) is 19.7 Å². The quantitative estimate of drug-likeness (QED) is 0.859. The Kier molecular flexibility index (Phi) is 3.68. The lowest BCUT2D eigenvalue weighted by atomic mass is 10.0. The second kappa shape index (κ2) is 5.08. The molecule has 0 bridgehead atoms. The van der Waals surface area contributed by atoms with E-state index >= 15 is 0 Å². The smallest absolute Gasteiger partial charge is 0.244 e. The van der Waals surface area contributed by atoms with Crippen LogP contribution in [-0.4, -0.2) is 36.1 Å². The number of ether oxygens (including phenoxy) is 1. The molecule has 2 N–H and O–H groups in total. The molecule has 1 amide bonds. The summed E-state index contributed by atoms with van der Waals surface area (Å²) in [6, 6.07) is 8.89. The molecule has 0 unspecified atom stereocenters. The van der Waals surface area contributed by atoms with Crippen molar-refractivity contribution in [3.8, 4) is 0 Å². The number of carbonyl (C=O) groups excluding carboxylic acids is 1. The lowest BCUT2D eigenvalue weighted by molar-refractivity contribution is -0.147. The minimum atomic E-state index is -0.583. The summed E-state index contributed by atoms with van der Waals surface area (Å²) in [6.45, 7) is 5.75. The predicted molar refractivity (Wildman–Crippen MR) is 70.0 cm³/mol. The zero-order valence-electron chi connectivity index (χ0n) is 10.9. The van der Waals surface area contributed by atoms with Crippen molar-refractivity contribution in [3.63, 3.8) is 0 Å². The van der Waals surface area contributed by atoms with E-state index in [9.17, 15) is 4.79 Å². The maximum Gasteiger partial charge on any atom is 0.244 e. The molecule has 1 aromatic rings. The van der Waals surface area contributed by atoms with Crippen molar-refractivity contribution in [2.24, 2.45) is 5.73 Å². The Bertz CT molecular complexity index is 417. The number of nitrogens with two attached hydrogens (primary N) is 1. The van der Waals surface area contributed by atoms with Crippen LogP contribution in [0.1, 0.15) is 25.5 Å². The monoisotopic (exact) mass is 248 g/mol. The highest BCUT2D eigenvalue weighted by Crippen LogP contribution is 2.20. The number of nitrogens with zero attached hydrogens (tertiary/aromatic N) is 1. The van der Waals surface area contributed by atoms with Crippen molar-refractivity contribution in [2.45, 2.75) is 25.5 Å². The van der Waals surface area contributed by atoms with Gasteiger partial charge in [-0.05, 0) is 19.4 Å². The molecule has 98 valence electrons. The molecule has 1 fully saturated rings. The van der Waals surface area contributed by atoms with Crippen molar-refractivity contribution in [2.75, 3.05) is 19.7 Å². The van der Waals surface area contributed by atoms with Crippen LogP contribution in [0, 0.1) is 0 Å². The number of amides is 1. The Balaban J connectivity index is 2.07. The second-order valence-electron chi connectivity index (χ2n) is 5.26. The number of hydrogen-bond acceptors (Lipinski definition) is 3. The molecule has 0 saturated carbocycles. The van der Waals surface area contributed by atoms with Crippen LogP contribution in [0.25, 0.3) is 0 Å². The summed E-state index contributed by atoms with van der Waals surface area (Å²) in [7, 11) is 0. The highest BCUT2D eigenvalue weighted by atomic mass is 16.5. The van der Waals surface area contributed by atoms with E-state index in [1.165, 1.54) is 0 Å². The Morgan fingerprint density at radius 1 is 1.39 bits per heavy atom. The summed E-state index contributed by atoms with van der Waals surface area (Å²) in [6.07, 6.45) is 0. The van der Waals surface area contributed by atoms with Crippen LogP contribution < -0.4 is 5.73 Å². The van der Waals surface area contributed by atoms with Gasteiger partial charge in [0.1, 0.15) is 6.04 Å². The molecule has 0 aromatic heterocycles. The summed E-state index contributed by atoms with van der Waals surface area (Å²) in [5, 5.41) is 0. The molecule has 4 nitrogen and oxygen atoms in total. The molecule has 18 heavy (non-hydrogen) atoms. The second-order valence-corrected chi connectivity index (χ2v) is 5.26. The zero-order valence-corrected chi connectivity index (χ0v) is 10.9.